The zero-order valence-electron chi connectivity index (χ0n) is 8.99. The Morgan fingerprint density at radius 2 is 1.15 bits per heavy atom. The van der Waals surface area contributed by atoms with Crippen LogP contribution >= 0.6 is 23.2 Å². The lowest BCUT2D eigenvalue weighted by molar-refractivity contribution is 0.118. The Morgan fingerprint density at radius 3 is 1.38 bits per heavy atom. The Kier molecular flexibility index (Phi) is 5.65. The average Bonchev–Trinajstić information content (AvgIpc) is 1.81. The fraction of sp³-hybridized carbons (Fsp3) is 1.00. The molecular formula is C10H20Cl2O. The maximum absolute atomic E-state index is 6.00. The number of ether oxygens (including phenoxy) is 1. The Labute approximate surface area is 91.7 Å². The van der Waals surface area contributed by atoms with Gasteiger partial charge in [0.05, 0.1) is 0 Å². The van der Waals surface area contributed by atoms with E-state index in [9.17, 15) is 0 Å². The second kappa shape index (κ2) is 5.43. The van der Waals surface area contributed by atoms with Crippen LogP contribution in [0.2, 0.25) is 0 Å². The van der Waals surface area contributed by atoms with Crippen molar-refractivity contribution in [3.63, 3.8) is 0 Å². The summed E-state index contributed by atoms with van der Waals surface area (Å²) in [7, 11) is 0. The minimum absolute atomic E-state index is 0.156. The molecule has 0 amide bonds. The molecule has 0 fully saturated rings. The highest BCUT2D eigenvalue weighted by atomic mass is 35.5. The van der Waals surface area contributed by atoms with Gasteiger partial charge in [0.1, 0.15) is 0 Å². The smallest absolute Gasteiger partial charge is 0.0482 e. The monoisotopic (exact) mass is 226 g/mol. The summed E-state index contributed by atoms with van der Waals surface area (Å²) < 4.78 is 5.42. The van der Waals surface area contributed by atoms with Gasteiger partial charge in [0.25, 0.3) is 0 Å². The molecular weight excluding hydrogens is 207 g/mol. The molecule has 0 aromatic carbocycles. The van der Waals surface area contributed by atoms with Crippen LogP contribution in [-0.2, 0) is 4.74 Å². The highest BCUT2D eigenvalue weighted by molar-refractivity contribution is 6.23. The first-order valence-electron chi connectivity index (χ1n) is 4.66. The molecule has 3 heteroatoms. The van der Waals surface area contributed by atoms with E-state index < -0.39 is 0 Å². The first kappa shape index (κ1) is 13.5. The van der Waals surface area contributed by atoms with E-state index in [0.717, 1.165) is 12.8 Å². The molecule has 1 nitrogen and oxygen atoms in total. The highest BCUT2D eigenvalue weighted by Crippen LogP contribution is 2.19. The quantitative estimate of drug-likeness (QED) is 0.495. The molecule has 0 spiro atoms. The van der Waals surface area contributed by atoms with Crippen LogP contribution in [0.25, 0.3) is 0 Å². The van der Waals surface area contributed by atoms with E-state index in [4.69, 9.17) is 27.9 Å². The Balaban J connectivity index is 3.28. The maximum Gasteiger partial charge on any atom is 0.0482 e. The fourth-order valence-electron chi connectivity index (χ4n) is 0.732. The molecule has 0 radical (unpaired) electrons. The van der Waals surface area contributed by atoms with Crippen LogP contribution < -0.4 is 0 Å². The number of halogens is 2. The largest absolute Gasteiger partial charge is 0.381 e. The third kappa shape index (κ3) is 12.5. The lowest BCUT2D eigenvalue weighted by Crippen LogP contribution is -2.17. The lowest BCUT2D eigenvalue weighted by Gasteiger charge is -2.17. The molecule has 0 heterocycles. The van der Waals surface area contributed by atoms with E-state index in [2.05, 4.69) is 0 Å². The average molecular weight is 227 g/mol. The van der Waals surface area contributed by atoms with Gasteiger partial charge >= 0.3 is 0 Å². The predicted molar refractivity (Wildman–Crippen MR) is 59.9 cm³/mol. The summed E-state index contributed by atoms with van der Waals surface area (Å²) >= 11 is 12.0. The van der Waals surface area contributed by atoms with Crippen LogP contribution in [0.3, 0.4) is 0 Å². The van der Waals surface area contributed by atoms with Gasteiger partial charge in [-0.25, -0.2) is 0 Å². The zero-order chi connectivity index (χ0) is 10.5. The van der Waals surface area contributed by atoms with Crippen molar-refractivity contribution in [1.82, 2.24) is 0 Å². The molecule has 0 unspecified atom stereocenters. The van der Waals surface area contributed by atoms with Crippen molar-refractivity contribution in [2.45, 2.75) is 50.3 Å². The molecule has 80 valence electrons. The summed E-state index contributed by atoms with van der Waals surface area (Å²) in [6, 6.07) is 0. The van der Waals surface area contributed by atoms with Crippen LogP contribution in [0.4, 0.5) is 0 Å². The SMILES string of the molecule is CC(C)(Cl)CCOCCC(C)(C)Cl. The number of hydrogen-bond donors (Lipinski definition) is 0. The van der Waals surface area contributed by atoms with Crippen molar-refractivity contribution in [2.24, 2.45) is 0 Å². The first-order valence-corrected chi connectivity index (χ1v) is 5.42. The Hall–Kier alpha value is 0.540. The molecule has 0 atom stereocenters. The second-order valence-corrected chi connectivity index (χ2v) is 6.60. The van der Waals surface area contributed by atoms with Crippen molar-refractivity contribution >= 4 is 23.2 Å². The molecule has 0 saturated carbocycles. The molecule has 0 aliphatic rings. The van der Waals surface area contributed by atoms with Gasteiger partial charge in [0.15, 0.2) is 0 Å². The van der Waals surface area contributed by atoms with Crippen LogP contribution in [0.15, 0.2) is 0 Å². The molecule has 0 aromatic rings. The van der Waals surface area contributed by atoms with E-state index in [-0.39, 0.29) is 9.75 Å². The van der Waals surface area contributed by atoms with Gasteiger partial charge in [0.2, 0.25) is 0 Å². The van der Waals surface area contributed by atoms with Crippen molar-refractivity contribution in [3.05, 3.63) is 0 Å². The Bertz CT molecular complexity index is 117. The standard InChI is InChI=1S/C10H20Cl2O/c1-9(2,11)5-7-13-8-6-10(3,4)12/h5-8H2,1-4H3. The van der Waals surface area contributed by atoms with Gasteiger partial charge in [-0.2, -0.15) is 0 Å². The van der Waals surface area contributed by atoms with Gasteiger partial charge in [-0.1, -0.05) is 0 Å². The van der Waals surface area contributed by atoms with E-state index >= 15 is 0 Å². The number of alkyl halides is 2. The third-order valence-electron chi connectivity index (χ3n) is 1.68. The van der Waals surface area contributed by atoms with Crippen molar-refractivity contribution in [2.75, 3.05) is 13.2 Å². The maximum atomic E-state index is 6.00. The molecule has 0 aliphatic heterocycles. The van der Waals surface area contributed by atoms with Crippen LogP contribution in [-0.4, -0.2) is 23.0 Å². The summed E-state index contributed by atoms with van der Waals surface area (Å²) in [6.07, 6.45) is 1.74. The number of rotatable bonds is 6. The summed E-state index contributed by atoms with van der Waals surface area (Å²) in [6.45, 7) is 9.38. The summed E-state index contributed by atoms with van der Waals surface area (Å²) in [4.78, 5) is -0.313. The van der Waals surface area contributed by atoms with Gasteiger partial charge < -0.3 is 4.74 Å². The highest BCUT2D eigenvalue weighted by Gasteiger charge is 2.14. The van der Waals surface area contributed by atoms with Gasteiger partial charge in [-0.05, 0) is 40.5 Å². The third-order valence-corrected chi connectivity index (χ3v) is 2.06. The predicted octanol–water partition coefficient (Wildman–Crippen LogP) is 3.82. The summed E-state index contributed by atoms with van der Waals surface area (Å²) in [5.74, 6) is 0. The van der Waals surface area contributed by atoms with Gasteiger partial charge in [0, 0.05) is 23.0 Å². The minimum Gasteiger partial charge on any atom is -0.381 e. The molecule has 0 bridgehead atoms. The molecule has 0 N–H and O–H groups in total. The van der Waals surface area contributed by atoms with E-state index in [1.807, 2.05) is 27.7 Å². The van der Waals surface area contributed by atoms with Crippen LogP contribution in [0, 0.1) is 0 Å². The van der Waals surface area contributed by atoms with E-state index in [1.54, 1.807) is 0 Å². The van der Waals surface area contributed by atoms with Gasteiger partial charge in [-0.15, -0.1) is 23.2 Å². The molecule has 0 saturated heterocycles. The fourth-order valence-corrected chi connectivity index (χ4v) is 0.886. The molecule has 0 rings (SSSR count). The second-order valence-electron chi connectivity index (χ2n) is 4.55. The van der Waals surface area contributed by atoms with E-state index in [1.165, 1.54) is 0 Å². The van der Waals surface area contributed by atoms with Gasteiger partial charge in [-0.3, -0.25) is 0 Å². The summed E-state index contributed by atoms with van der Waals surface area (Å²) in [5.41, 5.74) is 0. The Morgan fingerprint density at radius 1 is 0.846 bits per heavy atom. The summed E-state index contributed by atoms with van der Waals surface area (Å²) in [5, 5.41) is 0. The van der Waals surface area contributed by atoms with Crippen molar-refractivity contribution in [1.29, 1.82) is 0 Å². The number of hydrogen-bond acceptors (Lipinski definition) is 1. The topological polar surface area (TPSA) is 9.23 Å². The lowest BCUT2D eigenvalue weighted by atomic mass is 10.1. The minimum atomic E-state index is -0.156. The zero-order valence-corrected chi connectivity index (χ0v) is 10.5. The van der Waals surface area contributed by atoms with Crippen LogP contribution in [0.5, 0.6) is 0 Å². The van der Waals surface area contributed by atoms with Crippen LogP contribution in [0.1, 0.15) is 40.5 Å². The van der Waals surface area contributed by atoms with E-state index in [0.29, 0.717) is 13.2 Å². The molecule has 0 aromatic heterocycles. The van der Waals surface area contributed by atoms with Crippen molar-refractivity contribution in [3.8, 4) is 0 Å². The molecule has 0 aliphatic carbocycles. The first-order chi connectivity index (χ1) is 5.71. The van der Waals surface area contributed by atoms with Crippen molar-refractivity contribution < 1.29 is 4.74 Å². The normalized spacial score (nSPS) is 13.4. The molecule has 13 heavy (non-hydrogen) atoms.